The molecule has 2 aromatic carbocycles. The van der Waals surface area contributed by atoms with Gasteiger partial charge in [-0.2, -0.15) is 0 Å². The van der Waals surface area contributed by atoms with Crippen molar-refractivity contribution in [3.05, 3.63) is 64.7 Å². The Bertz CT molecular complexity index is 790. The van der Waals surface area contributed by atoms with Crippen molar-refractivity contribution < 1.29 is 23.5 Å². The first-order valence-corrected chi connectivity index (χ1v) is 12.8. The van der Waals surface area contributed by atoms with E-state index in [1.165, 1.54) is 0 Å². The van der Waals surface area contributed by atoms with E-state index in [4.69, 9.17) is 8.83 Å². The van der Waals surface area contributed by atoms with Crippen molar-refractivity contribution in [1.82, 2.24) is 0 Å². The van der Waals surface area contributed by atoms with Gasteiger partial charge >= 0.3 is 176 Å². The average Bonchev–Trinajstić information content (AvgIpc) is 2.54. The molecule has 5 nitrogen and oxygen atoms in total. The van der Waals surface area contributed by atoms with Gasteiger partial charge in [0.05, 0.1) is 0 Å². The fraction of sp³-hybridized carbons (Fsp3) is 0.455. The minimum absolute atomic E-state index is 0.0782. The first-order valence-electron chi connectivity index (χ1n) is 9.69. The Morgan fingerprint density at radius 3 is 1.79 bits per heavy atom. The van der Waals surface area contributed by atoms with Gasteiger partial charge in [-0.25, -0.2) is 0 Å². The molecule has 0 saturated carbocycles. The quantitative estimate of drug-likeness (QED) is 0.489. The normalized spacial score (nSPS) is 13.6. The molecule has 0 atom stereocenters. The van der Waals surface area contributed by atoms with Gasteiger partial charge in [0.25, 0.3) is 0 Å². The van der Waals surface area contributed by atoms with Crippen LogP contribution in [0.25, 0.3) is 0 Å². The summed E-state index contributed by atoms with van der Waals surface area (Å²) in [7, 11) is -6.78. The Morgan fingerprint density at radius 2 is 1.38 bits per heavy atom. The predicted molar refractivity (Wildman–Crippen MR) is 122 cm³/mol. The Morgan fingerprint density at radius 1 is 0.897 bits per heavy atom. The van der Waals surface area contributed by atoms with E-state index in [0.29, 0.717) is 5.75 Å². The van der Waals surface area contributed by atoms with E-state index < -0.39 is 16.5 Å². The molecule has 0 aliphatic heterocycles. The fourth-order valence-corrected chi connectivity index (χ4v) is 6.02. The van der Waals surface area contributed by atoms with E-state index in [1.807, 2.05) is 37.3 Å². The van der Waals surface area contributed by atoms with Gasteiger partial charge in [0, 0.05) is 0 Å². The first-order chi connectivity index (χ1) is 13.2. The molecule has 29 heavy (non-hydrogen) atoms. The average molecular weight is 440 g/mol. The zero-order valence-electron chi connectivity index (χ0n) is 18.4. The van der Waals surface area contributed by atoms with Gasteiger partial charge in [0.2, 0.25) is 0 Å². The van der Waals surface area contributed by atoms with E-state index in [-0.39, 0.29) is 17.0 Å². The Balaban J connectivity index is 2.62. The van der Waals surface area contributed by atoms with Crippen LogP contribution in [0.3, 0.4) is 0 Å². The molecule has 162 valence electrons. The van der Waals surface area contributed by atoms with E-state index in [0.717, 1.165) is 22.3 Å². The third-order valence-electron chi connectivity index (χ3n) is 4.61. The molecular formula is C22H34O5P2. The van der Waals surface area contributed by atoms with Crippen LogP contribution in [0.4, 0.5) is 0 Å². The summed E-state index contributed by atoms with van der Waals surface area (Å²) in [6.07, 6.45) is 0.0782. The van der Waals surface area contributed by atoms with Crippen molar-refractivity contribution >= 4 is 16.5 Å². The number of benzene rings is 2. The topological polar surface area (TPSA) is 79.2 Å². The third-order valence-corrected chi connectivity index (χ3v) is 7.78. The van der Waals surface area contributed by atoms with Gasteiger partial charge in [-0.15, -0.1) is 0 Å². The summed E-state index contributed by atoms with van der Waals surface area (Å²) in [6, 6.07) is 13.4. The molecule has 3 N–H and O–H groups in total. The Labute approximate surface area is 176 Å². The van der Waals surface area contributed by atoms with Crippen LogP contribution in [0.1, 0.15) is 63.8 Å². The maximum atomic E-state index is 11.3. The van der Waals surface area contributed by atoms with Crippen molar-refractivity contribution in [2.24, 2.45) is 0 Å². The van der Waals surface area contributed by atoms with Crippen molar-refractivity contribution in [3.63, 3.8) is 0 Å². The van der Waals surface area contributed by atoms with Gasteiger partial charge in [0.1, 0.15) is 0 Å². The molecule has 0 amide bonds. The summed E-state index contributed by atoms with van der Waals surface area (Å²) in [5.41, 5.74) is 3.32. The van der Waals surface area contributed by atoms with Crippen molar-refractivity contribution in [1.29, 1.82) is 0 Å². The molecular weight excluding hydrogens is 406 g/mol. The zero-order chi connectivity index (χ0) is 22.0. The van der Waals surface area contributed by atoms with Crippen LogP contribution in [0.2, 0.25) is 0 Å². The third kappa shape index (κ3) is 6.72. The van der Waals surface area contributed by atoms with Crippen molar-refractivity contribution in [2.75, 3.05) is 0 Å². The van der Waals surface area contributed by atoms with Gasteiger partial charge < -0.3 is 0 Å². The monoisotopic (exact) mass is 440 g/mol. The second kappa shape index (κ2) is 8.98. The fourth-order valence-electron chi connectivity index (χ4n) is 3.23. The van der Waals surface area contributed by atoms with Crippen LogP contribution >= 0.6 is 16.5 Å². The molecule has 0 bridgehead atoms. The molecule has 0 aliphatic rings. The summed E-state index contributed by atoms with van der Waals surface area (Å²) in [5, 5.41) is 0. The zero-order valence-corrected chi connectivity index (χ0v) is 20.2. The van der Waals surface area contributed by atoms with Crippen molar-refractivity contribution in [3.8, 4) is 5.75 Å². The number of hydrogen-bond acceptors (Lipinski definition) is 5. The van der Waals surface area contributed by atoms with Gasteiger partial charge in [-0.05, 0) is 0 Å². The molecule has 0 heterocycles. The maximum absolute atomic E-state index is 11.3. The second-order valence-corrected chi connectivity index (χ2v) is 12.7. The van der Waals surface area contributed by atoms with Gasteiger partial charge in [-0.1, -0.05) is 0 Å². The molecule has 0 spiro atoms. The summed E-state index contributed by atoms with van der Waals surface area (Å²) < 4.78 is 11.5. The van der Waals surface area contributed by atoms with E-state index >= 15 is 0 Å². The van der Waals surface area contributed by atoms with E-state index in [9.17, 15) is 14.7 Å². The summed E-state index contributed by atoms with van der Waals surface area (Å²) in [4.78, 5) is 30.4. The molecule has 2 aromatic rings. The first kappa shape index (κ1) is 24.2. The van der Waals surface area contributed by atoms with Crippen LogP contribution in [0.5, 0.6) is 5.75 Å². The predicted octanol–water partition coefficient (Wildman–Crippen LogP) is 5.88. The number of rotatable bonds is 6. The van der Waals surface area contributed by atoms with E-state index in [2.05, 4.69) is 53.7 Å². The second-order valence-electron chi connectivity index (χ2n) is 9.51. The standard InChI is InChI=1S/C22H34O5P2/c1-16-13-18(21(2,3)4)20(19(14-16)22(5,6)7)26-29(25,27-28(23)24)15-17-11-9-8-10-12-17/h8-14,23-25,29H,15H2,1-7H3. The number of hydrogen-bond donors (Lipinski definition) is 3. The van der Waals surface area contributed by atoms with Crippen LogP contribution in [0.15, 0.2) is 42.5 Å². The molecule has 0 radical (unpaired) electrons. The van der Waals surface area contributed by atoms with Gasteiger partial charge in [0.15, 0.2) is 0 Å². The van der Waals surface area contributed by atoms with Crippen LogP contribution in [0, 0.1) is 6.92 Å². The summed E-state index contributed by atoms with van der Waals surface area (Å²) in [5.74, 6) is 0.567. The molecule has 2 rings (SSSR count). The molecule has 0 saturated heterocycles. The van der Waals surface area contributed by atoms with Crippen LogP contribution < -0.4 is 4.52 Å². The van der Waals surface area contributed by atoms with Gasteiger partial charge in [-0.3, -0.25) is 0 Å². The molecule has 0 aromatic heterocycles. The summed E-state index contributed by atoms with van der Waals surface area (Å²) in [6.45, 7) is 14.6. The Hall–Kier alpha value is -1.06. The number of aryl methyl sites for hydroxylation is 1. The molecule has 7 heteroatoms. The minimum atomic E-state index is -4.00. The van der Waals surface area contributed by atoms with E-state index in [1.54, 1.807) is 0 Å². The van der Waals surface area contributed by atoms with Crippen LogP contribution in [-0.4, -0.2) is 14.7 Å². The van der Waals surface area contributed by atoms with Crippen LogP contribution in [-0.2, 0) is 21.3 Å². The SMILES string of the molecule is Cc1cc(C(C)(C)C)c(O[PH](O)(Cc2ccccc2)OP(O)O)c(C(C)(C)C)c1. The molecule has 0 fully saturated rings. The summed E-state index contributed by atoms with van der Waals surface area (Å²) >= 11 is 0. The molecule has 0 unspecified atom stereocenters. The van der Waals surface area contributed by atoms with Crippen molar-refractivity contribution in [2.45, 2.75) is 65.5 Å². The molecule has 0 aliphatic carbocycles. The Kier molecular flexibility index (Phi) is 7.49.